The molecule has 11 heavy (non-hydrogen) atoms. The van der Waals surface area contributed by atoms with Gasteiger partial charge in [-0.1, -0.05) is 0 Å². The number of rotatable bonds is 0. The van der Waals surface area contributed by atoms with Gasteiger partial charge in [-0.15, -0.1) is 0 Å². The van der Waals surface area contributed by atoms with Crippen LogP contribution in [0.1, 0.15) is 0 Å². The highest BCUT2D eigenvalue weighted by atomic mass is 35.5. The van der Waals surface area contributed by atoms with Crippen LogP contribution in [0.2, 0.25) is 5.28 Å². The molecule has 0 radical (unpaired) electrons. The van der Waals surface area contributed by atoms with E-state index in [1.807, 2.05) is 0 Å². The SMILES string of the molecule is Fc1nc(Cl)nc2cc[nH]c12. The molecular weight excluding hydrogens is 169 g/mol. The molecule has 2 heterocycles. The maximum absolute atomic E-state index is 12.8. The van der Waals surface area contributed by atoms with E-state index in [0.29, 0.717) is 5.52 Å². The topological polar surface area (TPSA) is 41.6 Å². The normalized spacial score (nSPS) is 10.7. The Morgan fingerprint density at radius 3 is 3.09 bits per heavy atom. The molecule has 0 aliphatic rings. The first kappa shape index (κ1) is 6.54. The second kappa shape index (κ2) is 2.17. The number of nitrogens with zero attached hydrogens (tertiary/aromatic N) is 2. The minimum absolute atomic E-state index is 0.0744. The van der Waals surface area contributed by atoms with Crippen LogP contribution in [0.4, 0.5) is 4.39 Å². The molecule has 1 N–H and O–H groups in total. The van der Waals surface area contributed by atoms with Gasteiger partial charge in [-0.3, -0.25) is 0 Å². The highest BCUT2D eigenvalue weighted by Crippen LogP contribution is 2.13. The molecule has 0 amide bonds. The Bertz CT molecular complexity index is 398. The summed E-state index contributed by atoms with van der Waals surface area (Å²) in [7, 11) is 0. The number of aromatic nitrogens is 3. The number of halogens is 2. The molecule has 2 rings (SSSR count). The van der Waals surface area contributed by atoms with Crippen molar-refractivity contribution < 1.29 is 4.39 Å². The maximum atomic E-state index is 12.8. The van der Waals surface area contributed by atoms with Gasteiger partial charge >= 0.3 is 0 Å². The molecule has 3 nitrogen and oxygen atoms in total. The van der Waals surface area contributed by atoms with Crippen molar-refractivity contribution in [2.75, 3.05) is 0 Å². The molecule has 0 aromatic carbocycles. The van der Waals surface area contributed by atoms with E-state index in [2.05, 4.69) is 15.0 Å². The molecule has 0 aliphatic carbocycles. The van der Waals surface area contributed by atoms with Crippen LogP contribution in [-0.4, -0.2) is 15.0 Å². The number of hydrogen-bond acceptors (Lipinski definition) is 2. The molecule has 0 atom stereocenters. The first-order chi connectivity index (χ1) is 5.27. The van der Waals surface area contributed by atoms with Gasteiger partial charge in [0.2, 0.25) is 11.2 Å². The molecule has 0 bridgehead atoms. The number of hydrogen-bond donors (Lipinski definition) is 1. The summed E-state index contributed by atoms with van der Waals surface area (Å²) in [6.45, 7) is 0. The number of nitrogens with one attached hydrogen (secondary N) is 1. The molecule has 2 aromatic heterocycles. The number of H-pyrrole nitrogens is 1. The first-order valence-electron chi connectivity index (χ1n) is 2.93. The average molecular weight is 172 g/mol. The van der Waals surface area contributed by atoms with Gasteiger partial charge in [-0.05, 0) is 17.7 Å². The van der Waals surface area contributed by atoms with Crippen LogP contribution in [0.3, 0.4) is 0 Å². The summed E-state index contributed by atoms with van der Waals surface area (Å²) in [5.74, 6) is -0.620. The van der Waals surface area contributed by atoms with Crippen LogP contribution in [0.25, 0.3) is 11.0 Å². The van der Waals surface area contributed by atoms with Gasteiger partial charge in [0.15, 0.2) is 0 Å². The summed E-state index contributed by atoms with van der Waals surface area (Å²) in [4.78, 5) is 9.77. The lowest BCUT2D eigenvalue weighted by Gasteiger charge is -1.90. The van der Waals surface area contributed by atoms with E-state index >= 15 is 0 Å². The van der Waals surface area contributed by atoms with Crippen LogP contribution >= 0.6 is 11.6 Å². The van der Waals surface area contributed by atoms with Crippen LogP contribution in [0.5, 0.6) is 0 Å². The number of fused-ring (bicyclic) bond motifs is 1. The van der Waals surface area contributed by atoms with E-state index in [4.69, 9.17) is 11.6 Å². The maximum Gasteiger partial charge on any atom is 0.241 e. The van der Waals surface area contributed by atoms with Crippen molar-refractivity contribution in [3.63, 3.8) is 0 Å². The Kier molecular flexibility index (Phi) is 1.29. The fraction of sp³-hybridized carbons (Fsp3) is 0. The van der Waals surface area contributed by atoms with Gasteiger partial charge in [-0.2, -0.15) is 9.37 Å². The molecule has 0 unspecified atom stereocenters. The first-order valence-corrected chi connectivity index (χ1v) is 3.31. The standard InChI is InChI=1S/C6H3ClFN3/c7-6-10-3-1-2-9-4(3)5(8)11-6/h1-2,9H. The molecule has 56 valence electrons. The monoisotopic (exact) mass is 171 g/mol. The molecule has 0 spiro atoms. The summed E-state index contributed by atoms with van der Waals surface area (Å²) in [6, 6.07) is 1.63. The molecule has 0 aliphatic heterocycles. The summed E-state index contributed by atoms with van der Waals surface area (Å²) < 4.78 is 12.8. The zero-order chi connectivity index (χ0) is 7.84. The van der Waals surface area contributed by atoms with Crippen molar-refractivity contribution in [3.8, 4) is 0 Å². The molecular formula is C6H3ClFN3. The molecule has 0 fully saturated rings. The Labute approximate surface area is 66.2 Å². The van der Waals surface area contributed by atoms with Crippen LogP contribution in [-0.2, 0) is 0 Å². The lowest BCUT2D eigenvalue weighted by molar-refractivity contribution is 0.591. The van der Waals surface area contributed by atoms with Gasteiger partial charge in [0.05, 0.1) is 5.52 Å². The van der Waals surface area contributed by atoms with Crippen LogP contribution in [0, 0.1) is 5.95 Å². The Morgan fingerprint density at radius 2 is 2.27 bits per heavy atom. The van der Waals surface area contributed by atoms with E-state index < -0.39 is 5.95 Å². The Morgan fingerprint density at radius 1 is 1.45 bits per heavy atom. The lowest BCUT2D eigenvalue weighted by Crippen LogP contribution is -1.88. The molecule has 5 heteroatoms. The predicted octanol–water partition coefficient (Wildman–Crippen LogP) is 1.75. The van der Waals surface area contributed by atoms with Crippen molar-refractivity contribution in [1.29, 1.82) is 0 Å². The van der Waals surface area contributed by atoms with Gasteiger partial charge in [-0.25, -0.2) is 4.98 Å². The fourth-order valence-electron chi connectivity index (χ4n) is 0.881. The molecule has 0 saturated heterocycles. The van der Waals surface area contributed by atoms with Crippen LogP contribution in [0.15, 0.2) is 12.3 Å². The Balaban J connectivity index is 2.91. The Hall–Kier alpha value is -1.16. The van der Waals surface area contributed by atoms with Crippen molar-refractivity contribution in [2.45, 2.75) is 0 Å². The number of aromatic amines is 1. The highest BCUT2D eigenvalue weighted by Gasteiger charge is 2.05. The fourth-order valence-corrected chi connectivity index (χ4v) is 1.05. The van der Waals surface area contributed by atoms with E-state index in [1.165, 1.54) is 0 Å². The predicted molar refractivity (Wildman–Crippen MR) is 38.9 cm³/mol. The van der Waals surface area contributed by atoms with Crippen molar-refractivity contribution >= 4 is 22.6 Å². The summed E-state index contributed by atoms with van der Waals surface area (Å²) in [5.41, 5.74) is 0.775. The van der Waals surface area contributed by atoms with E-state index in [0.717, 1.165) is 0 Å². The van der Waals surface area contributed by atoms with Crippen LogP contribution < -0.4 is 0 Å². The van der Waals surface area contributed by atoms with Crippen molar-refractivity contribution in [3.05, 3.63) is 23.5 Å². The molecule has 0 saturated carbocycles. The summed E-state index contributed by atoms with van der Waals surface area (Å²) in [5, 5.41) is -0.0744. The zero-order valence-electron chi connectivity index (χ0n) is 5.31. The second-order valence-electron chi connectivity index (χ2n) is 2.02. The van der Waals surface area contributed by atoms with E-state index in [-0.39, 0.29) is 10.8 Å². The van der Waals surface area contributed by atoms with Gasteiger partial charge in [0.1, 0.15) is 5.52 Å². The van der Waals surface area contributed by atoms with Gasteiger partial charge in [0.25, 0.3) is 0 Å². The molecule has 2 aromatic rings. The quantitative estimate of drug-likeness (QED) is 0.485. The third-order valence-corrected chi connectivity index (χ3v) is 1.50. The minimum Gasteiger partial charge on any atom is -0.356 e. The highest BCUT2D eigenvalue weighted by molar-refractivity contribution is 6.28. The summed E-state index contributed by atoms with van der Waals surface area (Å²) in [6.07, 6.45) is 1.58. The third kappa shape index (κ3) is 0.952. The summed E-state index contributed by atoms with van der Waals surface area (Å²) >= 11 is 5.40. The second-order valence-corrected chi connectivity index (χ2v) is 2.36. The lowest BCUT2D eigenvalue weighted by atomic mass is 10.5. The van der Waals surface area contributed by atoms with E-state index in [1.54, 1.807) is 12.3 Å². The van der Waals surface area contributed by atoms with Gasteiger partial charge < -0.3 is 4.98 Å². The smallest absolute Gasteiger partial charge is 0.241 e. The third-order valence-electron chi connectivity index (χ3n) is 1.33. The van der Waals surface area contributed by atoms with Gasteiger partial charge in [0, 0.05) is 6.20 Å². The largest absolute Gasteiger partial charge is 0.356 e. The van der Waals surface area contributed by atoms with Crippen molar-refractivity contribution in [2.24, 2.45) is 0 Å². The minimum atomic E-state index is -0.620. The van der Waals surface area contributed by atoms with Crippen molar-refractivity contribution in [1.82, 2.24) is 15.0 Å². The average Bonchev–Trinajstić information content (AvgIpc) is 2.34. The zero-order valence-corrected chi connectivity index (χ0v) is 6.06. The van der Waals surface area contributed by atoms with E-state index in [9.17, 15) is 4.39 Å².